The third-order valence-corrected chi connectivity index (χ3v) is 10.3. The molecule has 212 valence electrons. The molecule has 0 spiro atoms. The van der Waals surface area contributed by atoms with Gasteiger partial charge in [-0.05, 0) is 93.0 Å². The van der Waals surface area contributed by atoms with E-state index in [2.05, 4.69) is 148 Å². The first kappa shape index (κ1) is 25.4. The third kappa shape index (κ3) is 3.37. The van der Waals surface area contributed by atoms with Gasteiger partial charge in [0.1, 0.15) is 11.2 Å². The van der Waals surface area contributed by atoms with Crippen molar-refractivity contribution in [1.29, 1.82) is 0 Å². The van der Waals surface area contributed by atoms with Crippen LogP contribution in [-0.2, 0) is 10.8 Å². The van der Waals surface area contributed by atoms with E-state index < -0.39 is 0 Å². The number of hydrogen-bond donors (Lipinski definition) is 0. The maximum absolute atomic E-state index is 6.23. The number of hydrogen-bond acceptors (Lipinski definition) is 2. The molecule has 0 atom stereocenters. The zero-order valence-electron chi connectivity index (χ0n) is 25.5. The Kier molecular flexibility index (Phi) is 5.05. The minimum atomic E-state index is -0.0841. The molecular weight excluding hydrogens is 534 g/mol. The summed E-state index contributed by atoms with van der Waals surface area (Å²) in [7, 11) is 0. The van der Waals surface area contributed by atoms with E-state index in [1.807, 2.05) is 12.1 Å². The fourth-order valence-corrected chi connectivity index (χ4v) is 7.98. The summed E-state index contributed by atoms with van der Waals surface area (Å²) < 4.78 is 6.23. The first-order valence-electron chi connectivity index (χ1n) is 15.5. The van der Waals surface area contributed by atoms with Crippen molar-refractivity contribution in [2.24, 2.45) is 0 Å². The second-order valence-corrected chi connectivity index (χ2v) is 13.4. The summed E-state index contributed by atoms with van der Waals surface area (Å²) in [5.41, 5.74) is 16.0. The molecule has 0 bridgehead atoms. The van der Waals surface area contributed by atoms with Crippen LogP contribution in [0.25, 0.3) is 44.2 Å². The number of furan rings is 1. The maximum atomic E-state index is 6.23. The number of nitrogens with zero attached hydrogens (tertiary/aromatic N) is 1. The molecule has 0 saturated heterocycles. The molecule has 2 aliphatic carbocycles. The Bertz CT molecular complexity index is 2300. The number of fused-ring (bicyclic) bond motifs is 9. The second kappa shape index (κ2) is 8.74. The molecule has 0 radical (unpaired) electrons. The summed E-state index contributed by atoms with van der Waals surface area (Å²) in [5, 5.41) is 2.27. The van der Waals surface area contributed by atoms with Crippen LogP contribution in [0.2, 0.25) is 0 Å². The van der Waals surface area contributed by atoms with Gasteiger partial charge in [0.15, 0.2) is 0 Å². The molecule has 9 rings (SSSR count). The van der Waals surface area contributed by atoms with Crippen LogP contribution in [0.15, 0.2) is 132 Å². The minimum Gasteiger partial charge on any atom is -0.456 e. The highest BCUT2D eigenvalue weighted by Gasteiger charge is 2.37. The Morgan fingerprint density at radius 2 is 0.932 bits per heavy atom. The largest absolute Gasteiger partial charge is 0.456 e. The molecular formula is C42H33NO. The number of benzene rings is 6. The van der Waals surface area contributed by atoms with Crippen LogP contribution in [0.3, 0.4) is 0 Å². The summed E-state index contributed by atoms with van der Waals surface area (Å²) in [5.74, 6) is 0. The van der Waals surface area contributed by atoms with Gasteiger partial charge >= 0.3 is 0 Å². The van der Waals surface area contributed by atoms with E-state index in [1.165, 1.54) is 44.5 Å². The second-order valence-electron chi connectivity index (χ2n) is 13.4. The van der Waals surface area contributed by atoms with Crippen LogP contribution in [0.5, 0.6) is 0 Å². The lowest BCUT2D eigenvalue weighted by atomic mass is 9.82. The van der Waals surface area contributed by atoms with Gasteiger partial charge in [-0.25, -0.2) is 0 Å². The van der Waals surface area contributed by atoms with Gasteiger partial charge in [0.2, 0.25) is 0 Å². The molecule has 1 heterocycles. The lowest BCUT2D eigenvalue weighted by Gasteiger charge is -2.29. The summed E-state index contributed by atoms with van der Waals surface area (Å²) in [6.07, 6.45) is 0. The Hall–Kier alpha value is -5.08. The lowest BCUT2D eigenvalue weighted by molar-refractivity contribution is 0.660. The Morgan fingerprint density at radius 3 is 1.73 bits per heavy atom. The molecule has 2 aliphatic rings. The van der Waals surface area contributed by atoms with Gasteiger partial charge in [0.05, 0.1) is 0 Å². The molecule has 0 saturated carbocycles. The zero-order chi connectivity index (χ0) is 29.8. The first-order valence-corrected chi connectivity index (χ1v) is 15.5. The van der Waals surface area contributed by atoms with Gasteiger partial charge < -0.3 is 9.32 Å². The number of rotatable bonds is 3. The van der Waals surface area contributed by atoms with Crippen molar-refractivity contribution in [3.63, 3.8) is 0 Å². The molecule has 0 fully saturated rings. The van der Waals surface area contributed by atoms with Crippen molar-refractivity contribution in [3.05, 3.63) is 150 Å². The predicted molar refractivity (Wildman–Crippen MR) is 184 cm³/mol. The average Bonchev–Trinajstić information content (AvgIpc) is 3.61. The fraction of sp³-hybridized carbons (Fsp3) is 0.143. The molecule has 6 aromatic carbocycles. The van der Waals surface area contributed by atoms with Gasteiger partial charge in [-0.15, -0.1) is 0 Å². The number of anilines is 3. The smallest absolute Gasteiger partial charge is 0.135 e. The van der Waals surface area contributed by atoms with Gasteiger partial charge in [-0.3, -0.25) is 0 Å². The van der Waals surface area contributed by atoms with Gasteiger partial charge in [0, 0.05) is 38.7 Å². The van der Waals surface area contributed by atoms with Crippen LogP contribution < -0.4 is 4.90 Å². The van der Waals surface area contributed by atoms with Crippen LogP contribution in [-0.4, -0.2) is 0 Å². The normalized spacial score (nSPS) is 15.2. The highest BCUT2D eigenvalue weighted by molar-refractivity contribution is 6.06. The van der Waals surface area contributed by atoms with E-state index in [0.717, 1.165) is 39.0 Å². The lowest BCUT2D eigenvalue weighted by Crippen LogP contribution is -2.17. The summed E-state index contributed by atoms with van der Waals surface area (Å²) in [4.78, 5) is 2.43. The molecule has 2 heteroatoms. The maximum Gasteiger partial charge on any atom is 0.135 e. The van der Waals surface area contributed by atoms with Crippen molar-refractivity contribution >= 4 is 39.0 Å². The molecule has 7 aromatic rings. The van der Waals surface area contributed by atoms with Gasteiger partial charge in [-0.1, -0.05) is 107 Å². The van der Waals surface area contributed by atoms with Gasteiger partial charge in [0.25, 0.3) is 0 Å². The fourth-order valence-electron chi connectivity index (χ4n) is 7.98. The summed E-state index contributed by atoms with van der Waals surface area (Å²) in [6.45, 7) is 9.38. The van der Waals surface area contributed by atoms with E-state index in [0.29, 0.717) is 0 Å². The SMILES string of the molecule is CC1(C)c2ccccc2-c2cc(N(c3ccc4c(c3)C(C)(C)c3ccccc3-4)c3ccc4oc5ccccc5c4c3)ccc21. The van der Waals surface area contributed by atoms with Gasteiger partial charge in [-0.2, -0.15) is 0 Å². The minimum absolute atomic E-state index is 0.0344. The molecule has 0 N–H and O–H groups in total. The summed E-state index contributed by atoms with van der Waals surface area (Å²) in [6, 6.07) is 46.7. The van der Waals surface area contributed by atoms with Crippen molar-refractivity contribution in [3.8, 4) is 22.3 Å². The van der Waals surface area contributed by atoms with Crippen molar-refractivity contribution in [2.75, 3.05) is 4.90 Å². The van der Waals surface area contributed by atoms with Crippen LogP contribution in [0.4, 0.5) is 17.1 Å². The van der Waals surface area contributed by atoms with Crippen LogP contribution >= 0.6 is 0 Å². The van der Waals surface area contributed by atoms with E-state index in [-0.39, 0.29) is 10.8 Å². The van der Waals surface area contributed by atoms with Crippen LogP contribution in [0.1, 0.15) is 49.9 Å². The molecule has 0 aliphatic heterocycles. The molecule has 2 nitrogen and oxygen atoms in total. The standard InChI is InChI=1S/C42H33NO/c1-41(2)36-15-9-6-12-30(36)33-23-26(18-21-37(33)41)43(27-19-22-40-34(24-27)32-13-7-10-16-39(32)44-40)28-17-20-31-29-11-5-8-14-35(29)42(3,4)38(31)25-28/h5-25H,1-4H3. The molecule has 0 amide bonds. The van der Waals surface area contributed by atoms with E-state index >= 15 is 0 Å². The molecule has 1 aromatic heterocycles. The number of para-hydroxylation sites is 1. The third-order valence-electron chi connectivity index (χ3n) is 10.3. The molecule has 0 unspecified atom stereocenters. The molecule has 44 heavy (non-hydrogen) atoms. The van der Waals surface area contributed by atoms with E-state index in [9.17, 15) is 0 Å². The van der Waals surface area contributed by atoms with Crippen molar-refractivity contribution < 1.29 is 4.42 Å². The topological polar surface area (TPSA) is 16.4 Å². The summed E-state index contributed by atoms with van der Waals surface area (Å²) >= 11 is 0. The average molecular weight is 568 g/mol. The Balaban J connectivity index is 1.28. The van der Waals surface area contributed by atoms with Crippen LogP contribution in [0, 0.1) is 0 Å². The quantitative estimate of drug-likeness (QED) is 0.211. The van der Waals surface area contributed by atoms with Crippen molar-refractivity contribution in [2.45, 2.75) is 38.5 Å². The Morgan fingerprint density at radius 1 is 0.409 bits per heavy atom. The predicted octanol–water partition coefficient (Wildman–Crippen LogP) is 11.7. The Labute approximate surface area is 258 Å². The zero-order valence-corrected chi connectivity index (χ0v) is 25.5. The van der Waals surface area contributed by atoms with E-state index in [1.54, 1.807) is 0 Å². The van der Waals surface area contributed by atoms with Crippen molar-refractivity contribution in [1.82, 2.24) is 0 Å². The highest BCUT2D eigenvalue weighted by Crippen LogP contribution is 2.53. The highest BCUT2D eigenvalue weighted by atomic mass is 16.3. The first-order chi connectivity index (χ1) is 21.3. The monoisotopic (exact) mass is 567 g/mol. The van der Waals surface area contributed by atoms with E-state index in [4.69, 9.17) is 4.42 Å².